The number of anilines is 1. The van der Waals surface area contributed by atoms with Gasteiger partial charge in [-0.15, -0.1) is 10.2 Å². The fraction of sp³-hybridized carbons (Fsp3) is 0.250. The van der Waals surface area contributed by atoms with Gasteiger partial charge < -0.3 is 0 Å². The summed E-state index contributed by atoms with van der Waals surface area (Å²) in [5.41, 5.74) is 1.33. The zero-order valence-electron chi connectivity index (χ0n) is 16.1. The molecule has 0 spiro atoms. The molecule has 1 aromatic heterocycles. The Morgan fingerprint density at radius 3 is 2.24 bits per heavy atom. The lowest BCUT2D eigenvalue weighted by Gasteiger charge is -2.20. The van der Waals surface area contributed by atoms with Gasteiger partial charge in [-0.05, 0) is 30.0 Å². The Bertz CT molecular complexity index is 1050. The van der Waals surface area contributed by atoms with Gasteiger partial charge in [-0.25, -0.2) is 13.1 Å². The minimum atomic E-state index is -3.89. The number of carbonyl (C=O) groups is 1. The molecule has 152 valence electrons. The third-order valence-corrected chi connectivity index (χ3v) is 6.78. The molecule has 0 aliphatic rings. The van der Waals surface area contributed by atoms with Crippen molar-refractivity contribution in [3.05, 3.63) is 71.8 Å². The van der Waals surface area contributed by atoms with E-state index in [0.29, 0.717) is 12.0 Å². The number of aromatic nitrogens is 2. The van der Waals surface area contributed by atoms with Crippen LogP contribution in [0, 0.1) is 5.92 Å². The molecular formula is C20H22N4O3S2. The Balaban J connectivity index is 1.76. The van der Waals surface area contributed by atoms with Crippen molar-refractivity contribution in [3.8, 4) is 0 Å². The summed E-state index contributed by atoms with van der Waals surface area (Å²) < 4.78 is 28.2. The molecule has 1 atom stereocenters. The van der Waals surface area contributed by atoms with Gasteiger partial charge in [0.2, 0.25) is 9.47 Å². The lowest BCUT2D eigenvalue weighted by atomic mass is 9.98. The smallest absolute Gasteiger partial charge is 0.270 e. The van der Waals surface area contributed by atoms with Gasteiger partial charge in [0.15, 0.2) is 0 Å². The number of rotatable bonds is 8. The van der Waals surface area contributed by atoms with E-state index < -0.39 is 10.0 Å². The predicted molar refractivity (Wildman–Crippen MR) is 113 cm³/mol. The predicted octanol–water partition coefficient (Wildman–Crippen LogP) is 3.86. The van der Waals surface area contributed by atoms with Crippen LogP contribution >= 0.6 is 11.3 Å². The van der Waals surface area contributed by atoms with E-state index in [1.807, 2.05) is 44.2 Å². The average molecular weight is 431 g/mol. The molecule has 0 saturated heterocycles. The van der Waals surface area contributed by atoms with Gasteiger partial charge in [0.05, 0.1) is 0 Å². The second kappa shape index (κ2) is 9.25. The normalized spacial score (nSPS) is 12.7. The highest BCUT2D eigenvalue weighted by Gasteiger charge is 2.26. The molecule has 0 aliphatic heterocycles. The molecule has 0 bridgehead atoms. The van der Waals surface area contributed by atoms with E-state index in [2.05, 4.69) is 20.2 Å². The highest BCUT2D eigenvalue weighted by Crippen LogP contribution is 2.26. The van der Waals surface area contributed by atoms with E-state index in [9.17, 15) is 13.2 Å². The largest absolute Gasteiger partial charge is 0.296 e. The Morgan fingerprint density at radius 1 is 1.00 bits per heavy atom. The molecule has 1 heterocycles. The number of sulfonamides is 1. The van der Waals surface area contributed by atoms with E-state index in [0.717, 1.165) is 16.9 Å². The Hall–Kier alpha value is -2.62. The molecule has 2 aromatic carbocycles. The highest BCUT2D eigenvalue weighted by atomic mass is 32.2. The molecule has 7 nitrogen and oxygen atoms in total. The summed E-state index contributed by atoms with van der Waals surface area (Å²) in [6, 6.07) is 17.6. The highest BCUT2D eigenvalue weighted by molar-refractivity contribution is 7.91. The maximum Gasteiger partial charge on any atom is 0.270 e. The van der Waals surface area contributed by atoms with Crippen molar-refractivity contribution in [1.82, 2.24) is 14.9 Å². The SMILES string of the molecule is CC(C)CC(NS(=O)(=O)c1nnc(NC(=O)c2ccccc2)s1)c1ccccc1. The first kappa shape index (κ1) is 21.1. The Morgan fingerprint density at radius 2 is 1.62 bits per heavy atom. The zero-order valence-corrected chi connectivity index (χ0v) is 17.7. The van der Waals surface area contributed by atoms with Crippen LogP contribution in [0.1, 0.15) is 42.2 Å². The summed E-state index contributed by atoms with van der Waals surface area (Å²) in [6.45, 7) is 4.07. The van der Waals surface area contributed by atoms with Crippen LogP contribution in [0.3, 0.4) is 0 Å². The lowest BCUT2D eigenvalue weighted by Crippen LogP contribution is -2.29. The van der Waals surface area contributed by atoms with E-state index in [1.54, 1.807) is 30.3 Å². The summed E-state index contributed by atoms with van der Waals surface area (Å²) in [4.78, 5) is 12.2. The Kier molecular flexibility index (Phi) is 6.73. The summed E-state index contributed by atoms with van der Waals surface area (Å²) in [6.07, 6.45) is 0.639. The second-order valence-electron chi connectivity index (χ2n) is 6.91. The van der Waals surface area contributed by atoms with Gasteiger partial charge in [0, 0.05) is 11.6 Å². The van der Waals surface area contributed by atoms with Crippen LogP contribution in [0.15, 0.2) is 65.0 Å². The molecule has 3 aromatic rings. The lowest BCUT2D eigenvalue weighted by molar-refractivity contribution is 0.102. The number of hydrogen-bond donors (Lipinski definition) is 2. The van der Waals surface area contributed by atoms with Crippen molar-refractivity contribution in [3.63, 3.8) is 0 Å². The van der Waals surface area contributed by atoms with Crippen LogP contribution in [0.4, 0.5) is 5.13 Å². The van der Waals surface area contributed by atoms with Crippen molar-refractivity contribution in [2.75, 3.05) is 5.32 Å². The first-order valence-electron chi connectivity index (χ1n) is 9.12. The first-order chi connectivity index (χ1) is 13.8. The molecule has 1 amide bonds. The maximum atomic E-state index is 12.9. The maximum absolute atomic E-state index is 12.9. The van der Waals surface area contributed by atoms with Crippen molar-refractivity contribution >= 4 is 32.4 Å². The topological polar surface area (TPSA) is 101 Å². The molecule has 0 fully saturated rings. The van der Waals surface area contributed by atoms with Gasteiger partial charge in [-0.2, -0.15) is 0 Å². The first-order valence-corrected chi connectivity index (χ1v) is 11.4. The molecule has 0 saturated carbocycles. The van der Waals surface area contributed by atoms with E-state index in [1.165, 1.54) is 0 Å². The van der Waals surface area contributed by atoms with Gasteiger partial charge >= 0.3 is 0 Å². The fourth-order valence-corrected chi connectivity index (χ4v) is 4.92. The zero-order chi connectivity index (χ0) is 20.9. The van der Waals surface area contributed by atoms with Crippen LogP contribution in [-0.4, -0.2) is 24.5 Å². The number of amides is 1. The van der Waals surface area contributed by atoms with Crippen molar-refractivity contribution in [2.24, 2.45) is 5.92 Å². The molecule has 0 aliphatic carbocycles. The van der Waals surface area contributed by atoms with Gasteiger partial charge in [-0.1, -0.05) is 73.7 Å². The number of hydrogen-bond acceptors (Lipinski definition) is 6. The molecule has 29 heavy (non-hydrogen) atoms. The third-order valence-electron chi connectivity index (χ3n) is 4.10. The molecule has 2 N–H and O–H groups in total. The van der Waals surface area contributed by atoms with Crippen LogP contribution in [0.25, 0.3) is 0 Å². The number of nitrogens with zero attached hydrogens (tertiary/aromatic N) is 2. The summed E-state index contributed by atoms with van der Waals surface area (Å²) in [7, 11) is -3.89. The molecule has 9 heteroatoms. The number of nitrogens with one attached hydrogen (secondary N) is 2. The van der Waals surface area contributed by atoms with Crippen molar-refractivity contribution in [1.29, 1.82) is 0 Å². The molecule has 3 rings (SSSR count). The third kappa shape index (κ3) is 5.69. The average Bonchev–Trinajstić information content (AvgIpc) is 3.18. The van der Waals surface area contributed by atoms with Crippen LogP contribution in [0.2, 0.25) is 0 Å². The fourth-order valence-electron chi connectivity index (χ4n) is 2.77. The van der Waals surface area contributed by atoms with E-state index >= 15 is 0 Å². The standard InChI is InChI=1S/C20H22N4O3S2/c1-14(2)13-17(15-9-5-3-6-10-15)24-29(26,27)20-23-22-19(28-20)21-18(25)16-11-7-4-8-12-16/h3-12,14,17,24H,13H2,1-2H3,(H,21,22,25). The van der Waals surface area contributed by atoms with Crippen LogP contribution in [0.5, 0.6) is 0 Å². The van der Waals surface area contributed by atoms with E-state index in [4.69, 9.17) is 0 Å². The van der Waals surface area contributed by atoms with Crippen LogP contribution in [-0.2, 0) is 10.0 Å². The molecule has 1 unspecified atom stereocenters. The Labute approximate surface area is 174 Å². The molecular weight excluding hydrogens is 408 g/mol. The summed E-state index contributed by atoms with van der Waals surface area (Å²) in [5.74, 6) is -0.0846. The monoisotopic (exact) mass is 430 g/mol. The van der Waals surface area contributed by atoms with Gasteiger partial charge in [-0.3, -0.25) is 10.1 Å². The number of carbonyl (C=O) groups excluding carboxylic acids is 1. The summed E-state index contributed by atoms with van der Waals surface area (Å²) in [5, 5.41) is 10.3. The second-order valence-corrected chi connectivity index (χ2v) is 9.77. The quantitative estimate of drug-likeness (QED) is 0.529. The van der Waals surface area contributed by atoms with Gasteiger partial charge in [0.1, 0.15) is 0 Å². The molecule has 0 radical (unpaired) electrons. The van der Waals surface area contributed by atoms with Crippen molar-refractivity contribution in [2.45, 2.75) is 30.6 Å². The minimum Gasteiger partial charge on any atom is -0.296 e. The summed E-state index contributed by atoms with van der Waals surface area (Å²) >= 11 is 0.814. The van der Waals surface area contributed by atoms with Crippen molar-refractivity contribution < 1.29 is 13.2 Å². The van der Waals surface area contributed by atoms with Gasteiger partial charge in [0.25, 0.3) is 15.9 Å². The van der Waals surface area contributed by atoms with E-state index in [-0.39, 0.29) is 27.3 Å². The van der Waals surface area contributed by atoms with Crippen LogP contribution < -0.4 is 10.0 Å². The number of benzene rings is 2. The minimum absolute atomic E-state index is 0.124.